The molecule has 116 valence electrons. The summed E-state index contributed by atoms with van der Waals surface area (Å²) in [5, 5.41) is 14.0. The average Bonchev–Trinajstić information content (AvgIpc) is 2.78. The normalized spacial score (nSPS) is 19.8. The first-order valence-electron chi connectivity index (χ1n) is 7.00. The predicted molar refractivity (Wildman–Crippen MR) is 85.0 cm³/mol. The van der Waals surface area contributed by atoms with E-state index in [2.05, 4.69) is 25.8 Å². The summed E-state index contributed by atoms with van der Waals surface area (Å²) in [6, 6.07) is 7.72. The number of hydrogen-bond donors (Lipinski definition) is 2. The highest BCUT2D eigenvalue weighted by atomic mass is 32.2. The van der Waals surface area contributed by atoms with Gasteiger partial charge in [-0.2, -0.15) is 10.1 Å². The van der Waals surface area contributed by atoms with Crippen LogP contribution in [0.25, 0.3) is 0 Å². The minimum Gasteiger partial charge on any atom is -0.365 e. The van der Waals surface area contributed by atoms with E-state index in [0.29, 0.717) is 18.2 Å². The van der Waals surface area contributed by atoms with E-state index >= 15 is 0 Å². The number of anilines is 3. The largest absolute Gasteiger partial charge is 0.365 e. The summed E-state index contributed by atoms with van der Waals surface area (Å²) < 4.78 is 22.9. The molecule has 0 bridgehead atoms. The predicted octanol–water partition coefficient (Wildman–Crippen LogP) is 1.52. The molecule has 1 fully saturated rings. The monoisotopic (exact) mass is 319 g/mol. The Labute approximate surface area is 129 Å². The summed E-state index contributed by atoms with van der Waals surface area (Å²) in [6.45, 7) is 2.00. The summed E-state index contributed by atoms with van der Waals surface area (Å²) in [5.74, 6) is 1.25. The van der Waals surface area contributed by atoms with Gasteiger partial charge in [0.05, 0.1) is 17.7 Å². The van der Waals surface area contributed by atoms with E-state index < -0.39 is 9.84 Å². The van der Waals surface area contributed by atoms with Gasteiger partial charge in [0.1, 0.15) is 0 Å². The Hall–Kier alpha value is -2.22. The zero-order valence-electron chi connectivity index (χ0n) is 12.2. The molecule has 1 aromatic carbocycles. The molecule has 2 aromatic rings. The lowest BCUT2D eigenvalue weighted by molar-refractivity contribution is 0.602. The summed E-state index contributed by atoms with van der Waals surface area (Å²) in [6.07, 6.45) is 2.08. The van der Waals surface area contributed by atoms with Crippen LogP contribution in [0, 0.1) is 6.92 Å². The molecule has 1 unspecified atom stereocenters. The quantitative estimate of drug-likeness (QED) is 0.882. The third kappa shape index (κ3) is 3.70. The van der Waals surface area contributed by atoms with Gasteiger partial charge in [-0.25, -0.2) is 8.42 Å². The SMILES string of the molecule is Cc1cccc(Nc2nncc(NC3CCS(=O)(=O)C3)n2)c1. The van der Waals surface area contributed by atoms with Crippen LogP contribution in [0.15, 0.2) is 30.5 Å². The molecule has 1 aromatic heterocycles. The fourth-order valence-electron chi connectivity index (χ4n) is 2.40. The van der Waals surface area contributed by atoms with Gasteiger partial charge in [-0.15, -0.1) is 5.10 Å². The zero-order chi connectivity index (χ0) is 15.6. The van der Waals surface area contributed by atoms with Crippen molar-refractivity contribution in [3.05, 3.63) is 36.0 Å². The molecule has 1 atom stereocenters. The van der Waals surface area contributed by atoms with E-state index in [-0.39, 0.29) is 17.5 Å². The van der Waals surface area contributed by atoms with Crippen LogP contribution in [0.1, 0.15) is 12.0 Å². The lowest BCUT2D eigenvalue weighted by Gasteiger charge is -2.12. The van der Waals surface area contributed by atoms with Crippen molar-refractivity contribution in [2.45, 2.75) is 19.4 Å². The van der Waals surface area contributed by atoms with Gasteiger partial charge in [0.25, 0.3) is 0 Å². The molecule has 0 amide bonds. The summed E-state index contributed by atoms with van der Waals surface area (Å²) in [4.78, 5) is 4.32. The Kier molecular flexibility index (Phi) is 3.93. The summed E-state index contributed by atoms with van der Waals surface area (Å²) in [5.41, 5.74) is 2.01. The van der Waals surface area contributed by atoms with Gasteiger partial charge >= 0.3 is 0 Å². The van der Waals surface area contributed by atoms with Gasteiger partial charge in [0, 0.05) is 11.7 Å². The van der Waals surface area contributed by atoms with Gasteiger partial charge in [-0.3, -0.25) is 0 Å². The van der Waals surface area contributed by atoms with E-state index in [4.69, 9.17) is 0 Å². The van der Waals surface area contributed by atoms with Crippen LogP contribution in [0.4, 0.5) is 17.5 Å². The van der Waals surface area contributed by atoms with Crippen LogP contribution >= 0.6 is 0 Å². The second kappa shape index (κ2) is 5.88. The minimum absolute atomic E-state index is 0.117. The number of sulfone groups is 1. The number of aromatic nitrogens is 3. The first-order valence-corrected chi connectivity index (χ1v) is 8.83. The number of nitrogens with zero attached hydrogens (tertiary/aromatic N) is 3. The maximum absolute atomic E-state index is 11.5. The molecule has 3 rings (SSSR count). The van der Waals surface area contributed by atoms with E-state index in [1.807, 2.05) is 31.2 Å². The Bertz CT molecular complexity index is 778. The third-order valence-corrected chi connectivity index (χ3v) is 5.19. The highest BCUT2D eigenvalue weighted by Crippen LogP contribution is 2.18. The van der Waals surface area contributed by atoms with E-state index in [1.54, 1.807) is 0 Å². The molecule has 8 heteroatoms. The fourth-order valence-corrected chi connectivity index (χ4v) is 4.07. The number of aryl methyl sites for hydroxylation is 1. The molecule has 22 heavy (non-hydrogen) atoms. The van der Waals surface area contributed by atoms with E-state index in [9.17, 15) is 8.42 Å². The molecule has 1 aliphatic heterocycles. The lowest BCUT2D eigenvalue weighted by atomic mass is 10.2. The number of benzene rings is 1. The first kappa shape index (κ1) is 14.7. The zero-order valence-corrected chi connectivity index (χ0v) is 13.0. The van der Waals surface area contributed by atoms with Gasteiger partial charge < -0.3 is 10.6 Å². The smallest absolute Gasteiger partial charge is 0.249 e. The number of hydrogen-bond acceptors (Lipinski definition) is 7. The van der Waals surface area contributed by atoms with Gasteiger partial charge in [-0.1, -0.05) is 12.1 Å². The summed E-state index contributed by atoms with van der Waals surface area (Å²) in [7, 11) is -2.92. The minimum atomic E-state index is -2.92. The van der Waals surface area contributed by atoms with Crippen LogP contribution < -0.4 is 10.6 Å². The highest BCUT2D eigenvalue weighted by molar-refractivity contribution is 7.91. The second-order valence-corrected chi connectivity index (χ2v) is 7.63. The number of nitrogens with one attached hydrogen (secondary N) is 2. The molecule has 7 nitrogen and oxygen atoms in total. The van der Waals surface area contributed by atoms with Crippen LogP contribution in [-0.4, -0.2) is 41.1 Å². The fraction of sp³-hybridized carbons (Fsp3) is 0.357. The Balaban J connectivity index is 1.70. The molecule has 2 N–H and O–H groups in total. The summed E-state index contributed by atoms with van der Waals surface area (Å²) >= 11 is 0. The third-order valence-electron chi connectivity index (χ3n) is 3.42. The van der Waals surface area contributed by atoms with Crippen molar-refractivity contribution in [1.29, 1.82) is 0 Å². The standard InChI is InChI=1S/C14H17N5O2S/c1-10-3-2-4-11(7-10)17-14-18-13(8-15-19-14)16-12-5-6-22(20,21)9-12/h2-4,7-8,12H,5-6,9H2,1H3,(H2,16,17,18,19). The van der Waals surface area contributed by atoms with Crippen molar-refractivity contribution in [2.75, 3.05) is 22.1 Å². The van der Waals surface area contributed by atoms with Crippen molar-refractivity contribution >= 4 is 27.3 Å². The topological polar surface area (TPSA) is 96.9 Å². The van der Waals surface area contributed by atoms with Crippen LogP contribution in [0.5, 0.6) is 0 Å². The Morgan fingerprint density at radius 1 is 1.32 bits per heavy atom. The van der Waals surface area contributed by atoms with Crippen LogP contribution in [0.3, 0.4) is 0 Å². The van der Waals surface area contributed by atoms with Crippen molar-refractivity contribution in [3.8, 4) is 0 Å². The highest BCUT2D eigenvalue weighted by Gasteiger charge is 2.28. The van der Waals surface area contributed by atoms with Gasteiger partial charge in [0.15, 0.2) is 15.7 Å². The van der Waals surface area contributed by atoms with E-state index in [1.165, 1.54) is 6.20 Å². The van der Waals surface area contributed by atoms with Gasteiger partial charge in [0.2, 0.25) is 5.95 Å². The van der Waals surface area contributed by atoms with E-state index in [0.717, 1.165) is 11.3 Å². The van der Waals surface area contributed by atoms with Crippen molar-refractivity contribution in [2.24, 2.45) is 0 Å². The van der Waals surface area contributed by atoms with Crippen LogP contribution in [0.2, 0.25) is 0 Å². The second-order valence-electron chi connectivity index (χ2n) is 5.40. The molecule has 2 heterocycles. The maximum Gasteiger partial charge on any atom is 0.249 e. The van der Waals surface area contributed by atoms with Crippen molar-refractivity contribution in [3.63, 3.8) is 0 Å². The molecule has 0 radical (unpaired) electrons. The maximum atomic E-state index is 11.5. The van der Waals surface area contributed by atoms with Crippen molar-refractivity contribution < 1.29 is 8.42 Å². The molecule has 0 spiro atoms. The Morgan fingerprint density at radius 2 is 2.18 bits per heavy atom. The molecule has 0 saturated carbocycles. The molecule has 0 aliphatic carbocycles. The molecule has 1 saturated heterocycles. The number of rotatable bonds is 4. The van der Waals surface area contributed by atoms with Crippen LogP contribution in [-0.2, 0) is 9.84 Å². The first-order chi connectivity index (χ1) is 10.5. The average molecular weight is 319 g/mol. The molecule has 1 aliphatic rings. The lowest BCUT2D eigenvalue weighted by Crippen LogP contribution is -2.21. The van der Waals surface area contributed by atoms with Crippen molar-refractivity contribution in [1.82, 2.24) is 15.2 Å². The molecular formula is C14H17N5O2S. The van der Waals surface area contributed by atoms with Gasteiger partial charge in [-0.05, 0) is 31.0 Å². The Morgan fingerprint density at radius 3 is 2.91 bits per heavy atom. The molecular weight excluding hydrogens is 302 g/mol.